The molecule has 0 N–H and O–H groups in total. The van der Waals surface area contributed by atoms with Gasteiger partial charge in [-0.05, 0) is 38.1 Å². The van der Waals surface area contributed by atoms with Crippen molar-refractivity contribution in [2.45, 2.75) is 26.3 Å². The fraction of sp³-hybridized carbons (Fsp3) is 0.286. The largest absolute Gasteiger partial charge is 0.573 e. The fourth-order valence-corrected chi connectivity index (χ4v) is 1.94. The van der Waals surface area contributed by atoms with Crippen LogP contribution in [0.2, 0.25) is 0 Å². The van der Waals surface area contributed by atoms with Crippen LogP contribution in [0.1, 0.15) is 25.5 Å². The Morgan fingerprint density at radius 3 is 2.57 bits per heavy atom. The van der Waals surface area contributed by atoms with Crippen molar-refractivity contribution in [3.63, 3.8) is 0 Å². The average Bonchev–Trinajstić information content (AvgIpc) is 2.86. The van der Waals surface area contributed by atoms with Crippen molar-refractivity contribution >= 4 is 0 Å². The van der Waals surface area contributed by atoms with E-state index in [2.05, 4.69) is 9.84 Å². The summed E-state index contributed by atoms with van der Waals surface area (Å²) in [7, 11) is 0. The lowest BCUT2D eigenvalue weighted by atomic mass is 10.1. The van der Waals surface area contributed by atoms with E-state index in [0.717, 1.165) is 11.8 Å². The summed E-state index contributed by atoms with van der Waals surface area (Å²) < 4.78 is 42.3. The summed E-state index contributed by atoms with van der Waals surface area (Å²) in [6.07, 6.45) is -3.23. The summed E-state index contributed by atoms with van der Waals surface area (Å²) in [5, 5.41) is 13.1. The van der Waals surface area contributed by atoms with Gasteiger partial charge in [0.1, 0.15) is 11.8 Å². The Morgan fingerprint density at radius 2 is 2.00 bits per heavy atom. The number of benzene rings is 1. The molecular formula is C14H12F3N3O. The molecule has 0 radical (unpaired) electrons. The van der Waals surface area contributed by atoms with Gasteiger partial charge in [0.25, 0.3) is 0 Å². The van der Waals surface area contributed by atoms with Crippen LogP contribution in [0, 0.1) is 11.3 Å². The second kappa shape index (κ2) is 5.48. The lowest BCUT2D eigenvalue weighted by molar-refractivity contribution is -0.274. The first-order valence-electron chi connectivity index (χ1n) is 6.15. The van der Waals surface area contributed by atoms with Crippen molar-refractivity contribution < 1.29 is 17.9 Å². The van der Waals surface area contributed by atoms with Crippen molar-refractivity contribution in [3.05, 3.63) is 36.0 Å². The van der Waals surface area contributed by atoms with Crippen LogP contribution in [0.3, 0.4) is 0 Å². The van der Waals surface area contributed by atoms with Gasteiger partial charge >= 0.3 is 6.36 Å². The van der Waals surface area contributed by atoms with E-state index in [0.29, 0.717) is 5.56 Å². The van der Waals surface area contributed by atoms with Crippen LogP contribution >= 0.6 is 0 Å². The second-order valence-electron chi connectivity index (χ2n) is 4.63. The van der Waals surface area contributed by atoms with Gasteiger partial charge in [-0.2, -0.15) is 10.4 Å². The Balaban J connectivity index is 2.44. The van der Waals surface area contributed by atoms with Crippen LogP contribution in [0.5, 0.6) is 5.75 Å². The van der Waals surface area contributed by atoms with Crippen molar-refractivity contribution in [2.75, 3.05) is 0 Å². The average molecular weight is 295 g/mol. The van der Waals surface area contributed by atoms with Crippen LogP contribution in [-0.2, 0) is 0 Å². The molecule has 110 valence electrons. The lowest BCUT2D eigenvalue weighted by Gasteiger charge is -2.13. The van der Waals surface area contributed by atoms with Gasteiger partial charge in [-0.3, -0.25) is 4.68 Å². The molecule has 0 atom stereocenters. The minimum Gasteiger partial charge on any atom is -0.404 e. The molecular weight excluding hydrogens is 283 g/mol. The highest BCUT2D eigenvalue weighted by Crippen LogP contribution is 2.30. The Bertz CT molecular complexity index is 684. The minimum atomic E-state index is -4.83. The first-order valence-corrected chi connectivity index (χ1v) is 6.15. The molecule has 21 heavy (non-hydrogen) atoms. The summed E-state index contributed by atoms with van der Waals surface area (Å²) in [4.78, 5) is 0. The molecule has 0 amide bonds. The molecule has 1 aromatic heterocycles. The van der Waals surface area contributed by atoms with E-state index in [4.69, 9.17) is 5.26 Å². The maximum Gasteiger partial charge on any atom is 0.573 e. The summed E-state index contributed by atoms with van der Waals surface area (Å²) in [5.41, 5.74) is 1.15. The molecule has 0 aliphatic carbocycles. The van der Waals surface area contributed by atoms with Crippen molar-refractivity contribution in [2.24, 2.45) is 0 Å². The number of nitriles is 1. The molecule has 2 rings (SSSR count). The molecule has 0 spiro atoms. The molecule has 0 aliphatic heterocycles. The Kier molecular flexibility index (Phi) is 3.89. The molecule has 7 heteroatoms. The molecule has 0 aliphatic rings. The maximum atomic E-state index is 12.3. The van der Waals surface area contributed by atoms with Crippen LogP contribution in [0.15, 0.2) is 30.5 Å². The molecule has 0 fully saturated rings. The number of ether oxygens (including phenoxy) is 1. The van der Waals surface area contributed by atoms with Crippen LogP contribution in [0.25, 0.3) is 11.3 Å². The smallest absolute Gasteiger partial charge is 0.404 e. The highest BCUT2D eigenvalue weighted by Gasteiger charge is 2.32. The Hall–Kier alpha value is -2.49. The van der Waals surface area contributed by atoms with Gasteiger partial charge in [0.15, 0.2) is 0 Å². The monoisotopic (exact) mass is 295 g/mol. The number of aromatic nitrogens is 2. The van der Waals surface area contributed by atoms with E-state index in [9.17, 15) is 13.2 Å². The zero-order chi connectivity index (χ0) is 15.6. The summed E-state index contributed by atoms with van der Waals surface area (Å²) in [5.74, 6) is -0.510. The highest BCUT2D eigenvalue weighted by atomic mass is 19.4. The minimum absolute atomic E-state index is 0.0895. The van der Waals surface area contributed by atoms with Crippen LogP contribution in [0.4, 0.5) is 13.2 Å². The van der Waals surface area contributed by atoms with E-state index in [1.807, 2.05) is 13.8 Å². The molecule has 4 nitrogen and oxygen atoms in total. The summed E-state index contributed by atoms with van der Waals surface area (Å²) in [6, 6.07) is 7.51. The quantitative estimate of drug-likeness (QED) is 0.862. The van der Waals surface area contributed by atoms with E-state index < -0.39 is 12.1 Å². The Labute approximate surface area is 119 Å². The standard InChI is InChI=1S/C14H12F3N3O/c1-9(2)20-12(5-6-19-20)10-3-4-13(11(7-10)8-18)21-14(15,16)17/h3-7,9H,1-2H3. The van der Waals surface area contributed by atoms with E-state index in [1.165, 1.54) is 12.1 Å². The molecule has 0 saturated carbocycles. The van der Waals surface area contributed by atoms with E-state index >= 15 is 0 Å². The van der Waals surface area contributed by atoms with Gasteiger partial charge in [0.05, 0.1) is 11.3 Å². The van der Waals surface area contributed by atoms with Gasteiger partial charge in [0, 0.05) is 17.8 Å². The number of halogens is 3. The fourth-order valence-electron chi connectivity index (χ4n) is 1.94. The van der Waals surface area contributed by atoms with Crippen molar-refractivity contribution in [1.82, 2.24) is 9.78 Å². The number of hydrogen-bond donors (Lipinski definition) is 0. The number of alkyl halides is 3. The second-order valence-corrected chi connectivity index (χ2v) is 4.63. The number of rotatable bonds is 3. The Morgan fingerprint density at radius 1 is 1.29 bits per heavy atom. The van der Waals surface area contributed by atoms with E-state index in [1.54, 1.807) is 23.0 Å². The molecule has 0 saturated heterocycles. The first kappa shape index (κ1) is 14.9. The molecule has 2 aromatic rings. The maximum absolute atomic E-state index is 12.3. The zero-order valence-corrected chi connectivity index (χ0v) is 11.3. The van der Waals surface area contributed by atoms with Gasteiger partial charge in [-0.25, -0.2) is 0 Å². The molecule has 0 unspecified atom stereocenters. The summed E-state index contributed by atoms with van der Waals surface area (Å²) in [6.45, 7) is 3.87. The first-order chi connectivity index (χ1) is 9.81. The topological polar surface area (TPSA) is 50.8 Å². The van der Waals surface area contributed by atoms with Gasteiger partial charge in [-0.1, -0.05) is 0 Å². The molecule has 1 heterocycles. The zero-order valence-electron chi connectivity index (χ0n) is 11.3. The number of nitrogens with zero attached hydrogens (tertiary/aromatic N) is 3. The third-order valence-corrected chi connectivity index (χ3v) is 2.78. The van der Waals surface area contributed by atoms with Crippen LogP contribution < -0.4 is 4.74 Å². The lowest BCUT2D eigenvalue weighted by Crippen LogP contribution is -2.17. The van der Waals surface area contributed by atoms with Crippen molar-refractivity contribution in [1.29, 1.82) is 5.26 Å². The normalized spacial score (nSPS) is 11.5. The number of hydrogen-bond acceptors (Lipinski definition) is 3. The SMILES string of the molecule is CC(C)n1nccc1-c1ccc(OC(F)(F)F)c(C#N)c1. The third-order valence-electron chi connectivity index (χ3n) is 2.78. The van der Waals surface area contributed by atoms with E-state index in [-0.39, 0.29) is 11.6 Å². The van der Waals surface area contributed by atoms with Crippen LogP contribution in [-0.4, -0.2) is 16.1 Å². The van der Waals surface area contributed by atoms with Gasteiger partial charge < -0.3 is 4.74 Å². The summed E-state index contributed by atoms with van der Waals surface area (Å²) >= 11 is 0. The van der Waals surface area contributed by atoms with Gasteiger partial charge in [-0.15, -0.1) is 13.2 Å². The highest BCUT2D eigenvalue weighted by molar-refractivity contribution is 5.64. The third kappa shape index (κ3) is 3.34. The molecule has 1 aromatic carbocycles. The molecule has 0 bridgehead atoms. The predicted molar refractivity (Wildman–Crippen MR) is 69.4 cm³/mol. The predicted octanol–water partition coefficient (Wildman–Crippen LogP) is 3.90. The van der Waals surface area contributed by atoms with Gasteiger partial charge in [0.2, 0.25) is 0 Å². The van der Waals surface area contributed by atoms with Crippen molar-refractivity contribution in [3.8, 4) is 23.1 Å².